The molecule has 0 saturated heterocycles. The molecule has 4 aromatic rings. The van der Waals surface area contributed by atoms with Crippen LogP contribution in [-0.4, -0.2) is 27.8 Å². The fourth-order valence-corrected chi connectivity index (χ4v) is 3.07. The number of H-pyrrole nitrogens is 1. The molecule has 0 aliphatic rings. The average Bonchev–Trinajstić information content (AvgIpc) is 3.17. The molecule has 4 N–H and O–H groups in total. The van der Waals surface area contributed by atoms with Crippen molar-refractivity contribution < 1.29 is 9.90 Å². The molecule has 0 aliphatic carbocycles. The lowest BCUT2D eigenvalue weighted by atomic mass is 10.1. The number of para-hydroxylation sites is 1. The predicted molar refractivity (Wildman–Crippen MR) is 110 cm³/mol. The number of nitrogens with one attached hydrogen (secondary N) is 3. The Kier molecular flexibility index (Phi) is 4.93. The number of benzene rings is 3. The van der Waals surface area contributed by atoms with Gasteiger partial charge < -0.3 is 15.7 Å². The van der Waals surface area contributed by atoms with E-state index in [1.54, 1.807) is 12.1 Å². The molecule has 0 unspecified atom stereocenters. The second-order valence-electron chi connectivity index (χ2n) is 6.44. The van der Waals surface area contributed by atoms with Crippen molar-refractivity contribution in [3.8, 4) is 5.75 Å². The molecule has 0 aliphatic heterocycles. The number of anilines is 2. The summed E-state index contributed by atoms with van der Waals surface area (Å²) in [6.07, 6.45) is 0.741. The number of amides is 1. The van der Waals surface area contributed by atoms with E-state index in [1.165, 1.54) is 0 Å². The number of aromatic hydroxyl groups is 1. The summed E-state index contributed by atoms with van der Waals surface area (Å²) >= 11 is 0. The lowest BCUT2D eigenvalue weighted by Crippen LogP contribution is -2.26. The zero-order valence-corrected chi connectivity index (χ0v) is 15.1. The van der Waals surface area contributed by atoms with Crippen LogP contribution in [0.5, 0.6) is 5.75 Å². The van der Waals surface area contributed by atoms with Crippen LogP contribution in [0.15, 0.2) is 72.8 Å². The number of phenols is 1. The first-order chi connectivity index (χ1) is 13.7. The number of rotatable bonds is 6. The molecular formula is C22H20N4O2. The Morgan fingerprint density at radius 2 is 1.68 bits per heavy atom. The first-order valence-electron chi connectivity index (χ1n) is 9.06. The Labute approximate surface area is 162 Å². The second-order valence-corrected chi connectivity index (χ2v) is 6.44. The zero-order valence-electron chi connectivity index (χ0n) is 15.1. The summed E-state index contributed by atoms with van der Waals surface area (Å²) < 4.78 is 0. The number of carbonyl (C=O) groups is 1. The van der Waals surface area contributed by atoms with E-state index >= 15 is 0 Å². The molecule has 0 radical (unpaired) electrons. The summed E-state index contributed by atoms with van der Waals surface area (Å²) in [7, 11) is 0. The van der Waals surface area contributed by atoms with Gasteiger partial charge in [-0.25, -0.2) is 0 Å². The van der Waals surface area contributed by atoms with Crippen molar-refractivity contribution in [2.45, 2.75) is 6.42 Å². The molecule has 6 heteroatoms. The highest BCUT2D eigenvalue weighted by atomic mass is 16.3. The molecule has 140 valence electrons. The Bertz CT molecular complexity index is 1090. The lowest BCUT2D eigenvalue weighted by molar-refractivity contribution is 0.0950. The van der Waals surface area contributed by atoms with Crippen LogP contribution >= 0.6 is 0 Å². The Morgan fingerprint density at radius 3 is 2.43 bits per heavy atom. The molecule has 0 spiro atoms. The van der Waals surface area contributed by atoms with Crippen LogP contribution in [0, 0.1) is 0 Å². The molecule has 0 saturated carbocycles. The first kappa shape index (κ1) is 17.6. The second kappa shape index (κ2) is 7.84. The van der Waals surface area contributed by atoms with Gasteiger partial charge in [-0.1, -0.05) is 48.5 Å². The SMILES string of the molecule is O=C(NCCc1ccccc1)c1n[nH]c2c(O)c(Nc3ccccc3)ccc12. The van der Waals surface area contributed by atoms with Gasteiger partial charge in [0.25, 0.3) is 5.91 Å². The van der Waals surface area contributed by atoms with E-state index in [-0.39, 0.29) is 17.4 Å². The number of aromatic nitrogens is 2. The van der Waals surface area contributed by atoms with Crippen molar-refractivity contribution in [3.05, 3.63) is 84.1 Å². The molecule has 0 atom stereocenters. The Morgan fingerprint density at radius 1 is 0.964 bits per heavy atom. The van der Waals surface area contributed by atoms with E-state index in [9.17, 15) is 9.90 Å². The summed E-state index contributed by atoms with van der Waals surface area (Å²) in [5.41, 5.74) is 3.25. The van der Waals surface area contributed by atoms with Crippen LogP contribution in [0.4, 0.5) is 11.4 Å². The molecule has 1 aromatic heterocycles. The normalized spacial score (nSPS) is 10.7. The van der Waals surface area contributed by atoms with Gasteiger partial charge in [-0.15, -0.1) is 0 Å². The van der Waals surface area contributed by atoms with Gasteiger partial charge in [0.05, 0.1) is 5.69 Å². The van der Waals surface area contributed by atoms with Gasteiger partial charge in [0.15, 0.2) is 11.4 Å². The van der Waals surface area contributed by atoms with Gasteiger partial charge in [-0.3, -0.25) is 9.89 Å². The minimum absolute atomic E-state index is 0.0252. The van der Waals surface area contributed by atoms with Gasteiger partial charge in [-0.2, -0.15) is 5.10 Å². The van der Waals surface area contributed by atoms with Crippen molar-refractivity contribution >= 4 is 28.2 Å². The molecule has 28 heavy (non-hydrogen) atoms. The number of aromatic amines is 1. The minimum atomic E-state index is -0.273. The lowest BCUT2D eigenvalue weighted by Gasteiger charge is -2.09. The van der Waals surface area contributed by atoms with Crippen molar-refractivity contribution in [3.63, 3.8) is 0 Å². The highest BCUT2D eigenvalue weighted by molar-refractivity contribution is 6.07. The first-order valence-corrected chi connectivity index (χ1v) is 9.06. The number of carbonyl (C=O) groups excluding carboxylic acids is 1. The summed E-state index contributed by atoms with van der Waals surface area (Å²) in [5, 5.41) is 24.1. The van der Waals surface area contributed by atoms with Crippen molar-refractivity contribution in [2.75, 3.05) is 11.9 Å². The summed E-state index contributed by atoms with van der Waals surface area (Å²) in [6.45, 7) is 0.511. The summed E-state index contributed by atoms with van der Waals surface area (Å²) in [6, 6.07) is 23.0. The molecule has 1 heterocycles. The number of phenolic OH excluding ortho intramolecular Hbond substituents is 1. The topological polar surface area (TPSA) is 90.0 Å². The number of hydrogen-bond donors (Lipinski definition) is 4. The standard InChI is InChI=1S/C22H20N4O2/c27-21-18(24-16-9-5-2-6-10-16)12-11-17-19(21)25-26-20(17)22(28)23-14-13-15-7-3-1-4-8-15/h1-12,24,27H,13-14H2,(H,23,28)(H,25,26). The van der Waals surface area contributed by atoms with E-state index in [2.05, 4.69) is 20.8 Å². The van der Waals surface area contributed by atoms with Crippen LogP contribution in [0.25, 0.3) is 10.9 Å². The Hall–Kier alpha value is -3.80. The van der Waals surface area contributed by atoms with E-state index in [0.717, 1.165) is 17.7 Å². The molecule has 4 rings (SSSR count). The van der Waals surface area contributed by atoms with E-state index < -0.39 is 0 Å². The highest BCUT2D eigenvalue weighted by Gasteiger charge is 2.17. The van der Waals surface area contributed by atoms with Crippen LogP contribution in [0.1, 0.15) is 16.1 Å². The number of nitrogens with zero attached hydrogens (tertiary/aromatic N) is 1. The fraction of sp³-hybridized carbons (Fsp3) is 0.0909. The van der Waals surface area contributed by atoms with Gasteiger partial charge >= 0.3 is 0 Å². The molecule has 6 nitrogen and oxygen atoms in total. The van der Waals surface area contributed by atoms with Crippen LogP contribution in [0.3, 0.4) is 0 Å². The monoisotopic (exact) mass is 372 g/mol. The third kappa shape index (κ3) is 3.66. The summed E-state index contributed by atoms with van der Waals surface area (Å²) in [4.78, 5) is 12.5. The van der Waals surface area contributed by atoms with Crippen LogP contribution < -0.4 is 10.6 Å². The maximum atomic E-state index is 12.5. The van der Waals surface area contributed by atoms with Crippen LogP contribution in [0.2, 0.25) is 0 Å². The molecule has 0 fully saturated rings. The van der Waals surface area contributed by atoms with Gasteiger partial charge in [0.2, 0.25) is 0 Å². The number of fused-ring (bicyclic) bond motifs is 1. The molecule has 3 aromatic carbocycles. The van der Waals surface area contributed by atoms with Crippen molar-refractivity contribution in [2.24, 2.45) is 0 Å². The predicted octanol–water partition coefficient (Wildman–Crippen LogP) is 3.98. The zero-order chi connectivity index (χ0) is 19.3. The van der Waals surface area contributed by atoms with Crippen molar-refractivity contribution in [1.82, 2.24) is 15.5 Å². The molecular weight excluding hydrogens is 352 g/mol. The molecule has 1 amide bonds. The van der Waals surface area contributed by atoms with E-state index in [1.807, 2.05) is 60.7 Å². The minimum Gasteiger partial charge on any atom is -0.504 e. The van der Waals surface area contributed by atoms with Gasteiger partial charge in [-0.05, 0) is 36.2 Å². The fourth-order valence-electron chi connectivity index (χ4n) is 3.07. The van der Waals surface area contributed by atoms with Gasteiger partial charge in [0.1, 0.15) is 5.52 Å². The van der Waals surface area contributed by atoms with Gasteiger partial charge in [0, 0.05) is 17.6 Å². The maximum absolute atomic E-state index is 12.5. The largest absolute Gasteiger partial charge is 0.504 e. The maximum Gasteiger partial charge on any atom is 0.272 e. The summed E-state index contributed by atoms with van der Waals surface area (Å²) in [5.74, 6) is -0.248. The van der Waals surface area contributed by atoms with E-state index in [4.69, 9.17) is 0 Å². The smallest absolute Gasteiger partial charge is 0.272 e. The number of hydrogen-bond acceptors (Lipinski definition) is 4. The third-order valence-electron chi connectivity index (χ3n) is 4.52. The van der Waals surface area contributed by atoms with E-state index in [0.29, 0.717) is 23.1 Å². The Balaban J connectivity index is 1.49. The quantitative estimate of drug-likeness (QED) is 0.385. The molecule has 0 bridgehead atoms. The van der Waals surface area contributed by atoms with Crippen molar-refractivity contribution in [1.29, 1.82) is 0 Å². The average molecular weight is 372 g/mol. The highest BCUT2D eigenvalue weighted by Crippen LogP contribution is 2.34. The third-order valence-corrected chi connectivity index (χ3v) is 4.52. The van der Waals surface area contributed by atoms with Crippen LogP contribution in [-0.2, 0) is 6.42 Å².